The molecule has 1 aliphatic heterocycles. The molecule has 0 N–H and O–H groups in total. The number of amides is 1. The molecule has 1 atom stereocenters. The van der Waals surface area contributed by atoms with Crippen LogP contribution >= 0.6 is 0 Å². The maximum absolute atomic E-state index is 13.9. The molecule has 0 radical (unpaired) electrons. The molecule has 1 unspecified atom stereocenters. The summed E-state index contributed by atoms with van der Waals surface area (Å²) < 4.78 is 30.9. The first-order valence-corrected chi connectivity index (χ1v) is 8.03. The van der Waals surface area contributed by atoms with Gasteiger partial charge in [0.25, 0.3) is 5.91 Å². The fraction of sp³-hybridized carbons (Fsp3) is 0.312. The van der Waals surface area contributed by atoms with E-state index in [0.717, 1.165) is 11.8 Å². The Hall–Kier alpha value is -3.17. The van der Waals surface area contributed by atoms with Gasteiger partial charge in [-0.3, -0.25) is 4.79 Å². The lowest BCUT2D eigenvalue weighted by molar-refractivity contribution is 0.0630. The smallest absolute Gasteiger partial charge is 0.257 e. The summed E-state index contributed by atoms with van der Waals surface area (Å²) in [5, 5.41) is 4.08. The first kappa shape index (κ1) is 16.3. The molecular weight excluding hydrogens is 344 g/mol. The number of hydrogen-bond donors (Lipinski definition) is 0. The van der Waals surface area contributed by atoms with Crippen molar-refractivity contribution in [1.29, 1.82) is 0 Å². The van der Waals surface area contributed by atoms with Gasteiger partial charge in [-0.1, -0.05) is 0 Å². The highest BCUT2D eigenvalue weighted by molar-refractivity contribution is 5.94. The van der Waals surface area contributed by atoms with Crippen LogP contribution in [0.15, 0.2) is 31.1 Å². The molecule has 0 spiro atoms. The topological polar surface area (TPSA) is 81.7 Å². The summed E-state index contributed by atoms with van der Waals surface area (Å²) in [4.78, 5) is 25.7. The van der Waals surface area contributed by atoms with Gasteiger partial charge in [0.1, 0.15) is 18.5 Å². The van der Waals surface area contributed by atoms with E-state index >= 15 is 0 Å². The van der Waals surface area contributed by atoms with Crippen LogP contribution in [0.5, 0.6) is 0 Å². The Morgan fingerprint density at radius 1 is 1.27 bits per heavy atom. The molecule has 0 aromatic carbocycles. The SMILES string of the molecule is CC1c2ncc(Cn3cncn3)n2CCN1C(=O)c1cc(F)ncc1F. The number of halogens is 2. The average molecular weight is 359 g/mol. The quantitative estimate of drug-likeness (QED) is 0.661. The van der Waals surface area contributed by atoms with Crippen LogP contribution in [-0.2, 0) is 13.1 Å². The summed E-state index contributed by atoms with van der Waals surface area (Å²) in [6.07, 6.45) is 5.52. The first-order chi connectivity index (χ1) is 12.5. The lowest BCUT2D eigenvalue weighted by Gasteiger charge is -2.34. The van der Waals surface area contributed by atoms with Crippen LogP contribution in [-0.4, -0.2) is 46.7 Å². The molecule has 10 heteroatoms. The highest BCUT2D eigenvalue weighted by atomic mass is 19.1. The molecule has 1 amide bonds. The lowest BCUT2D eigenvalue weighted by Crippen LogP contribution is -2.42. The Morgan fingerprint density at radius 2 is 2.12 bits per heavy atom. The predicted molar refractivity (Wildman–Crippen MR) is 85.0 cm³/mol. The Balaban J connectivity index is 1.60. The Morgan fingerprint density at radius 3 is 2.88 bits per heavy atom. The normalized spacial score (nSPS) is 16.6. The van der Waals surface area contributed by atoms with Crippen LogP contribution in [0.3, 0.4) is 0 Å². The molecule has 3 aromatic heterocycles. The second kappa shape index (κ2) is 6.28. The van der Waals surface area contributed by atoms with Gasteiger partial charge in [-0.15, -0.1) is 0 Å². The highest BCUT2D eigenvalue weighted by Crippen LogP contribution is 2.27. The summed E-state index contributed by atoms with van der Waals surface area (Å²) in [6, 6.07) is 0.443. The molecule has 0 saturated carbocycles. The van der Waals surface area contributed by atoms with Gasteiger partial charge in [0.05, 0.1) is 36.2 Å². The van der Waals surface area contributed by atoms with Crippen LogP contribution in [0.2, 0.25) is 0 Å². The summed E-state index contributed by atoms with van der Waals surface area (Å²) >= 11 is 0. The third-order valence-corrected chi connectivity index (χ3v) is 4.48. The standard InChI is InChI=1S/C16H15F2N7O/c1-10-15-21-5-11(7-23-9-19-8-22-23)25(15)3-2-24(10)16(26)12-4-14(18)20-6-13(12)17/h4-6,8-10H,2-3,7H2,1H3. The third-order valence-electron chi connectivity index (χ3n) is 4.48. The molecule has 1 aliphatic rings. The molecule has 26 heavy (non-hydrogen) atoms. The summed E-state index contributed by atoms with van der Waals surface area (Å²) in [6.45, 7) is 3.18. The van der Waals surface area contributed by atoms with E-state index in [9.17, 15) is 13.6 Å². The van der Waals surface area contributed by atoms with E-state index in [-0.39, 0.29) is 11.6 Å². The zero-order chi connectivity index (χ0) is 18.3. The molecule has 0 fully saturated rings. The van der Waals surface area contributed by atoms with Crippen LogP contribution in [0, 0.1) is 11.8 Å². The molecule has 0 bridgehead atoms. The number of imidazole rings is 1. The number of aromatic nitrogens is 6. The van der Waals surface area contributed by atoms with Crippen molar-refractivity contribution in [2.75, 3.05) is 6.54 Å². The van der Waals surface area contributed by atoms with E-state index in [0.29, 0.717) is 31.7 Å². The number of pyridine rings is 1. The number of rotatable bonds is 3. The van der Waals surface area contributed by atoms with Crippen molar-refractivity contribution >= 4 is 5.91 Å². The summed E-state index contributed by atoms with van der Waals surface area (Å²) in [5.41, 5.74) is 0.609. The van der Waals surface area contributed by atoms with Crippen molar-refractivity contribution in [2.45, 2.75) is 26.1 Å². The van der Waals surface area contributed by atoms with Crippen molar-refractivity contribution in [3.63, 3.8) is 0 Å². The lowest BCUT2D eigenvalue weighted by atomic mass is 10.1. The Labute approximate surface area is 147 Å². The molecule has 3 aromatic rings. The summed E-state index contributed by atoms with van der Waals surface area (Å²) in [7, 11) is 0. The number of hydrogen-bond acceptors (Lipinski definition) is 5. The minimum absolute atomic E-state index is 0.327. The van der Waals surface area contributed by atoms with Crippen LogP contribution in [0.25, 0.3) is 0 Å². The minimum atomic E-state index is -0.893. The van der Waals surface area contributed by atoms with Crippen LogP contribution in [0.1, 0.15) is 34.8 Å². The van der Waals surface area contributed by atoms with E-state index < -0.39 is 17.7 Å². The monoisotopic (exact) mass is 359 g/mol. The first-order valence-electron chi connectivity index (χ1n) is 8.03. The second-order valence-corrected chi connectivity index (χ2v) is 6.01. The van der Waals surface area contributed by atoms with Crippen LogP contribution < -0.4 is 0 Å². The van der Waals surface area contributed by atoms with Crippen LogP contribution in [0.4, 0.5) is 8.78 Å². The summed E-state index contributed by atoms with van der Waals surface area (Å²) in [5.74, 6) is -1.63. The Kier molecular flexibility index (Phi) is 3.94. The highest BCUT2D eigenvalue weighted by Gasteiger charge is 2.32. The molecule has 0 aliphatic carbocycles. The number of fused-ring (bicyclic) bond motifs is 1. The molecular formula is C16H15F2N7O. The Bertz CT molecular complexity index is 954. The third kappa shape index (κ3) is 2.72. The number of nitrogens with zero attached hydrogens (tertiary/aromatic N) is 7. The number of carbonyl (C=O) groups is 1. The van der Waals surface area contributed by atoms with E-state index in [1.54, 1.807) is 17.2 Å². The van der Waals surface area contributed by atoms with Crippen molar-refractivity contribution in [3.8, 4) is 0 Å². The zero-order valence-electron chi connectivity index (χ0n) is 13.9. The molecule has 8 nitrogen and oxygen atoms in total. The van der Waals surface area contributed by atoms with Gasteiger partial charge in [0.2, 0.25) is 5.95 Å². The van der Waals surface area contributed by atoms with Crippen molar-refractivity contribution in [1.82, 2.24) is 34.2 Å². The van der Waals surface area contributed by atoms with Crippen molar-refractivity contribution < 1.29 is 13.6 Å². The van der Waals surface area contributed by atoms with Crippen molar-refractivity contribution in [2.24, 2.45) is 0 Å². The van der Waals surface area contributed by atoms with E-state index in [4.69, 9.17) is 0 Å². The average Bonchev–Trinajstić information content (AvgIpc) is 3.28. The van der Waals surface area contributed by atoms with E-state index in [2.05, 4.69) is 20.1 Å². The van der Waals surface area contributed by atoms with Gasteiger partial charge < -0.3 is 9.47 Å². The maximum atomic E-state index is 13.9. The van der Waals surface area contributed by atoms with Gasteiger partial charge in [0.15, 0.2) is 5.82 Å². The van der Waals surface area contributed by atoms with Gasteiger partial charge in [0, 0.05) is 19.2 Å². The minimum Gasteiger partial charge on any atom is -0.327 e. The second-order valence-electron chi connectivity index (χ2n) is 6.01. The van der Waals surface area contributed by atoms with Gasteiger partial charge >= 0.3 is 0 Å². The van der Waals surface area contributed by atoms with E-state index in [1.165, 1.54) is 11.2 Å². The zero-order valence-corrected chi connectivity index (χ0v) is 13.9. The van der Waals surface area contributed by atoms with Gasteiger partial charge in [-0.2, -0.15) is 9.49 Å². The fourth-order valence-corrected chi connectivity index (χ4v) is 3.18. The van der Waals surface area contributed by atoms with Crippen molar-refractivity contribution in [3.05, 3.63) is 60.0 Å². The molecule has 4 heterocycles. The molecule has 4 rings (SSSR count). The predicted octanol–water partition coefficient (Wildman–Crippen LogP) is 1.41. The van der Waals surface area contributed by atoms with E-state index in [1.807, 2.05) is 11.5 Å². The molecule has 0 saturated heterocycles. The largest absolute Gasteiger partial charge is 0.327 e. The number of carbonyl (C=O) groups excluding carboxylic acids is 1. The fourth-order valence-electron chi connectivity index (χ4n) is 3.18. The van der Waals surface area contributed by atoms with Gasteiger partial charge in [-0.05, 0) is 6.92 Å². The maximum Gasteiger partial charge on any atom is 0.257 e. The molecule has 134 valence electrons. The van der Waals surface area contributed by atoms with Gasteiger partial charge in [-0.25, -0.2) is 24.0 Å².